The molecule has 0 bridgehead atoms. The summed E-state index contributed by atoms with van der Waals surface area (Å²) in [7, 11) is -2.09. The molecule has 0 radical (unpaired) electrons. The minimum Gasteiger partial charge on any atom is -0.383 e. The highest BCUT2D eigenvalue weighted by Crippen LogP contribution is 2.19. The Bertz CT molecular complexity index is 816. The molecule has 2 rings (SSSR count). The molecule has 1 amide bonds. The van der Waals surface area contributed by atoms with Crippen molar-refractivity contribution in [2.75, 3.05) is 31.5 Å². The van der Waals surface area contributed by atoms with Crippen molar-refractivity contribution in [2.24, 2.45) is 0 Å². The molecular weight excluding hydrogens is 390 g/mol. The fourth-order valence-electron chi connectivity index (χ4n) is 2.21. The van der Waals surface area contributed by atoms with Crippen molar-refractivity contribution in [2.45, 2.75) is 11.4 Å². The highest BCUT2D eigenvalue weighted by molar-refractivity contribution is 7.92. The lowest BCUT2D eigenvalue weighted by Gasteiger charge is -2.13. The summed E-state index contributed by atoms with van der Waals surface area (Å²) in [5, 5.41) is 5.71. The van der Waals surface area contributed by atoms with Gasteiger partial charge in [0.1, 0.15) is 0 Å². The van der Waals surface area contributed by atoms with Crippen LogP contribution >= 0.6 is 12.4 Å². The van der Waals surface area contributed by atoms with Gasteiger partial charge in [-0.1, -0.05) is 36.4 Å². The fraction of sp³-hybridized carbons (Fsp3) is 0.278. The fourth-order valence-corrected chi connectivity index (χ4v) is 3.33. The van der Waals surface area contributed by atoms with Gasteiger partial charge >= 0.3 is 0 Å². The van der Waals surface area contributed by atoms with Gasteiger partial charge in [0.05, 0.1) is 23.7 Å². The van der Waals surface area contributed by atoms with Gasteiger partial charge in [0.15, 0.2) is 0 Å². The van der Waals surface area contributed by atoms with Gasteiger partial charge in [-0.05, 0) is 23.8 Å². The number of carbonyl (C=O) groups is 1. The molecule has 0 spiro atoms. The molecule has 148 valence electrons. The van der Waals surface area contributed by atoms with Crippen LogP contribution in [0.5, 0.6) is 0 Å². The Kier molecular flexibility index (Phi) is 9.81. The number of para-hydroxylation sites is 1. The van der Waals surface area contributed by atoms with Crippen LogP contribution < -0.4 is 15.4 Å². The second kappa shape index (κ2) is 11.6. The van der Waals surface area contributed by atoms with Crippen molar-refractivity contribution in [3.8, 4) is 0 Å². The smallest absolute Gasteiger partial charge is 0.261 e. The normalized spacial score (nSPS) is 10.7. The number of carbonyl (C=O) groups excluding carboxylic acids is 1. The summed E-state index contributed by atoms with van der Waals surface area (Å²) in [5.74, 6) is -0.179. The molecule has 9 heteroatoms. The number of hydrogen-bond donors (Lipinski definition) is 3. The molecule has 0 atom stereocenters. The molecule has 3 N–H and O–H groups in total. The minimum absolute atomic E-state index is 0. The van der Waals surface area contributed by atoms with Crippen molar-refractivity contribution in [3.05, 3.63) is 60.2 Å². The van der Waals surface area contributed by atoms with E-state index in [-0.39, 0.29) is 36.3 Å². The van der Waals surface area contributed by atoms with Gasteiger partial charge in [-0.15, -0.1) is 12.4 Å². The number of ether oxygens (including phenoxy) is 1. The van der Waals surface area contributed by atoms with E-state index in [0.717, 1.165) is 0 Å². The third-order valence-corrected chi connectivity index (χ3v) is 4.94. The predicted molar refractivity (Wildman–Crippen MR) is 108 cm³/mol. The molecule has 2 aromatic carbocycles. The topological polar surface area (TPSA) is 96.5 Å². The number of sulfonamides is 1. The number of hydrogen-bond acceptors (Lipinski definition) is 5. The van der Waals surface area contributed by atoms with Crippen molar-refractivity contribution >= 4 is 34.0 Å². The molecule has 0 saturated heterocycles. The van der Waals surface area contributed by atoms with Crippen LogP contribution in [0.15, 0.2) is 59.5 Å². The first-order valence-corrected chi connectivity index (χ1v) is 9.63. The zero-order valence-electron chi connectivity index (χ0n) is 15.0. The number of nitrogens with one attached hydrogen (secondary N) is 3. The molecular formula is C18H24ClN3O4S. The minimum atomic E-state index is -3.68. The van der Waals surface area contributed by atoms with Gasteiger partial charge in [-0.25, -0.2) is 8.42 Å². The lowest BCUT2D eigenvalue weighted by molar-refractivity contribution is -0.120. The van der Waals surface area contributed by atoms with Gasteiger partial charge in [0.2, 0.25) is 5.91 Å². The van der Waals surface area contributed by atoms with E-state index in [2.05, 4.69) is 15.4 Å². The number of halogens is 1. The monoisotopic (exact) mass is 413 g/mol. The molecule has 0 heterocycles. The average Bonchev–Trinajstić information content (AvgIpc) is 2.65. The van der Waals surface area contributed by atoms with Crippen LogP contribution in [0.3, 0.4) is 0 Å². The number of amides is 1. The molecule has 0 unspecified atom stereocenters. The SMILES string of the molecule is COCCNCC(=O)NCc1ccccc1NS(=O)(=O)c1ccccc1.Cl. The summed E-state index contributed by atoms with van der Waals surface area (Å²) < 4.78 is 32.4. The third kappa shape index (κ3) is 7.56. The maximum atomic E-state index is 12.5. The van der Waals surface area contributed by atoms with E-state index in [1.807, 2.05) is 0 Å². The van der Waals surface area contributed by atoms with Crippen LogP contribution in [0, 0.1) is 0 Å². The van der Waals surface area contributed by atoms with Gasteiger partial charge in [0.25, 0.3) is 10.0 Å². The Morgan fingerprint density at radius 3 is 2.41 bits per heavy atom. The van der Waals surface area contributed by atoms with Crippen molar-refractivity contribution < 1.29 is 17.9 Å². The second-order valence-electron chi connectivity index (χ2n) is 5.52. The van der Waals surface area contributed by atoms with Crippen LogP contribution in [-0.2, 0) is 26.1 Å². The summed E-state index contributed by atoms with van der Waals surface area (Å²) >= 11 is 0. The molecule has 27 heavy (non-hydrogen) atoms. The first kappa shape index (κ1) is 22.9. The average molecular weight is 414 g/mol. The van der Waals surface area contributed by atoms with Crippen LogP contribution in [-0.4, -0.2) is 41.1 Å². The molecule has 0 saturated carbocycles. The Labute approximate surface area is 166 Å². The summed E-state index contributed by atoms with van der Waals surface area (Å²) in [6, 6.07) is 15.1. The summed E-state index contributed by atoms with van der Waals surface area (Å²) in [4.78, 5) is 12.0. The first-order chi connectivity index (χ1) is 12.5. The van der Waals surface area contributed by atoms with Crippen LogP contribution in [0.1, 0.15) is 5.56 Å². The van der Waals surface area contributed by atoms with E-state index >= 15 is 0 Å². The van der Waals surface area contributed by atoms with E-state index in [1.165, 1.54) is 12.1 Å². The van der Waals surface area contributed by atoms with Gasteiger partial charge in [0, 0.05) is 20.2 Å². The number of benzene rings is 2. The number of anilines is 1. The predicted octanol–water partition coefficient (Wildman–Crippen LogP) is 1.76. The Morgan fingerprint density at radius 2 is 1.70 bits per heavy atom. The molecule has 0 aliphatic carbocycles. The number of methoxy groups -OCH3 is 1. The van der Waals surface area contributed by atoms with Gasteiger partial charge < -0.3 is 15.4 Å². The maximum absolute atomic E-state index is 12.5. The lowest BCUT2D eigenvalue weighted by Crippen LogP contribution is -2.35. The van der Waals surface area contributed by atoms with Crippen LogP contribution in [0.2, 0.25) is 0 Å². The molecule has 2 aromatic rings. The zero-order valence-corrected chi connectivity index (χ0v) is 16.6. The Hall–Kier alpha value is -2.13. The highest BCUT2D eigenvalue weighted by atomic mass is 35.5. The van der Waals surface area contributed by atoms with Crippen molar-refractivity contribution in [3.63, 3.8) is 0 Å². The quantitative estimate of drug-likeness (QED) is 0.516. The van der Waals surface area contributed by atoms with Gasteiger partial charge in [-0.3, -0.25) is 9.52 Å². The largest absolute Gasteiger partial charge is 0.383 e. The van der Waals surface area contributed by atoms with E-state index in [0.29, 0.717) is 24.4 Å². The molecule has 0 aliphatic rings. The summed E-state index contributed by atoms with van der Waals surface area (Å²) in [6.07, 6.45) is 0. The zero-order chi connectivity index (χ0) is 18.8. The highest BCUT2D eigenvalue weighted by Gasteiger charge is 2.15. The van der Waals surface area contributed by atoms with Gasteiger partial charge in [-0.2, -0.15) is 0 Å². The van der Waals surface area contributed by atoms with E-state index in [1.54, 1.807) is 49.6 Å². The first-order valence-electron chi connectivity index (χ1n) is 8.15. The molecule has 0 aliphatic heterocycles. The Morgan fingerprint density at radius 1 is 1.04 bits per heavy atom. The van der Waals surface area contributed by atoms with Crippen LogP contribution in [0.25, 0.3) is 0 Å². The second-order valence-corrected chi connectivity index (χ2v) is 7.20. The Balaban J connectivity index is 0.00000364. The molecule has 7 nitrogen and oxygen atoms in total. The van der Waals surface area contributed by atoms with E-state index in [9.17, 15) is 13.2 Å². The maximum Gasteiger partial charge on any atom is 0.261 e. The van der Waals surface area contributed by atoms with Crippen LogP contribution in [0.4, 0.5) is 5.69 Å². The van der Waals surface area contributed by atoms with Crippen molar-refractivity contribution in [1.29, 1.82) is 0 Å². The third-order valence-electron chi connectivity index (χ3n) is 3.56. The van der Waals surface area contributed by atoms with E-state index < -0.39 is 10.0 Å². The summed E-state index contributed by atoms with van der Waals surface area (Å²) in [5.41, 5.74) is 1.11. The lowest BCUT2D eigenvalue weighted by atomic mass is 10.2. The number of rotatable bonds is 10. The van der Waals surface area contributed by atoms with Crippen molar-refractivity contribution in [1.82, 2.24) is 10.6 Å². The summed E-state index contributed by atoms with van der Waals surface area (Å²) in [6.45, 7) is 1.49. The molecule has 0 fully saturated rings. The standard InChI is InChI=1S/C18H23N3O4S.ClH/c1-25-12-11-19-14-18(22)20-13-15-7-5-6-10-17(15)21-26(23,24)16-8-3-2-4-9-16;/h2-10,19,21H,11-14H2,1H3,(H,20,22);1H. The van der Waals surface area contributed by atoms with E-state index in [4.69, 9.17) is 4.74 Å². The molecule has 0 aromatic heterocycles.